The van der Waals surface area contributed by atoms with Crippen molar-refractivity contribution in [2.24, 2.45) is 10.2 Å². The van der Waals surface area contributed by atoms with Crippen LogP contribution >= 0.6 is 0 Å². The molecular weight excluding hydrogens is 376 g/mol. The van der Waals surface area contributed by atoms with Gasteiger partial charge in [-0.3, -0.25) is 5.10 Å². The highest BCUT2D eigenvalue weighted by molar-refractivity contribution is 6.12. The Kier molecular flexibility index (Phi) is 7.04. The van der Waals surface area contributed by atoms with Gasteiger partial charge in [0.25, 0.3) is 0 Å². The number of hydrogen-bond donors (Lipinski definition) is 3. The van der Waals surface area contributed by atoms with Gasteiger partial charge in [-0.2, -0.15) is 5.10 Å². The van der Waals surface area contributed by atoms with E-state index in [9.17, 15) is 5.11 Å². The van der Waals surface area contributed by atoms with E-state index in [1.165, 1.54) is 5.57 Å². The molecule has 1 aromatic heterocycles. The van der Waals surface area contributed by atoms with Gasteiger partial charge in [0.2, 0.25) is 0 Å². The van der Waals surface area contributed by atoms with Crippen LogP contribution in [-0.4, -0.2) is 57.4 Å². The van der Waals surface area contributed by atoms with Crippen molar-refractivity contribution in [3.05, 3.63) is 47.8 Å². The van der Waals surface area contributed by atoms with Crippen molar-refractivity contribution in [2.75, 3.05) is 19.6 Å². The molecule has 7 nitrogen and oxygen atoms in total. The number of benzene rings is 1. The number of rotatable bonds is 3. The molecule has 3 heterocycles. The number of aromatic nitrogens is 2. The monoisotopic (exact) mass is 404 g/mol. The van der Waals surface area contributed by atoms with Crippen LogP contribution in [0, 0.1) is 12.8 Å². The van der Waals surface area contributed by atoms with E-state index < -0.39 is 0 Å². The molecule has 0 saturated carbocycles. The molecule has 1 atom stereocenters. The molecule has 4 rings (SSSR count). The van der Waals surface area contributed by atoms with Gasteiger partial charge in [-0.1, -0.05) is 18.6 Å². The van der Waals surface area contributed by atoms with Crippen LogP contribution in [0.5, 0.6) is 5.75 Å². The molecule has 0 bridgehead atoms. The molecular formula is C23H28N6O. The predicted octanol–water partition coefficient (Wildman–Crippen LogP) is 3.17. The standard InChI is InChI=1S/C21H26N6O.C2H2/c1-3-15-8-19(25-26-21(9-15)27-7-6-22-11-14(27)2)18-5-4-16(10-20(18)28)17-12-23-24-13-17;1-2/h4-5,8,10,12-14,22,28H,3,6-7,9,11H2,1-2H3,(H,23,24);1-2H/t14-;/m1./s1. The second-order valence-electron chi connectivity index (χ2n) is 7.30. The number of nitrogens with zero attached hydrogens (tertiary/aromatic N) is 4. The number of phenols is 1. The summed E-state index contributed by atoms with van der Waals surface area (Å²) in [5, 5.41) is 29.9. The van der Waals surface area contributed by atoms with Gasteiger partial charge >= 0.3 is 0 Å². The zero-order chi connectivity index (χ0) is 21.5. The Hall–Kier alpha value is -3.37. The SMILES string of the molecule is C#C.CCC1=CC(c2ccc(-c3cn[nH]c3)cc2O)=NN=C(N2CCNC[C@H]2C)C1. The minimum atomic E-state index is 0.193. The fourth-order valence-electron chi connectivity index (χ4n) is 3.70. The predicted molar refractivity (Wildman–Crippen MR) is 122 cm³/mol. The maximum Gasteiger partial charge on any atom is 0.132 e. The average Bonchev–Trinajstić information content (AvgIpc) is 3.23. The number of terminal acetylenes is 1. The lowest BCUT2D eigenvalue weighted by Crippen LogP contribution is -2.52. The number of piperazine rings is 1. The summed E-state index contributed by atoms with van der Waals surface area (Å²) in [5.74, 6) is 1.20. The molecule has 30 heavy (non-hydrogen) atoms. The molecule has 0 aliphatic carbocycles. The second kappa shape index (κ2) is 9.90. The molecule has 1 fully saturated rings. The van der Waals surface area contributed by atoms with Crippen LogP contribution in [0.3, 0.4) is 0 Å². The maximum absolute atomic E-state index is 10.6. The van der Waals surface area contributed by atoms with E-state index in [2.05, 4.69) is 63.4 Å². The minimum absolute atomic E-state index is 0.193. The Bertz CT molecular complexity index is 971. The molecule has 0 radical (unpaired) electrons. The second-order valence-corrected chi connectivity index (χ2v) is 7.30. The van der Waals surface area contributed by atoms with Crippen LogP contribution in [-0.2, 0) is 0 Å². The molecule has 2 aromatic rings. The summed E-state index contributed by atoms with van der Waals surface area (Å²) in [6.45, 7) is 7.21. The Balaban J connectivity index is 0.00000124. The van der Waals surface area contributed by atoms with Gasteiger partial charge < -0.3 is 15.3 Å². The zero-order valence-corrected chi connectivity index (χ0v) is 17.5. The highest BCUT2D eigenvalue weighted by Gasteiger charge is 2.23. The maximum atomic E-state index is 10.6. The summed E-state index contributed by atoms with van der Waals surface area (Å²) in [4.78, 5) is 2.34. The third kappa shape index (κ3) is 4.61. The lowest BCUT2D eigenvalue weighted by molar-refractivity contribution is 0.270. The van der Waals surface area contributed by atoms with Crippen molar-refractivity contribution in [1.29, 1.82) is 0 Å². The molecule has 156 valence electrons. The van der Waals surface area contributed by atoms with Crippen molar-refractivity contribution in [3.63, 3.8) is 0 Å². The molecule has 7 heteroatoms. The van der Waals surface area contributed by atoms with Crippen LogP contribution in [0.2, 0.25) is 0 Å². The van der Waals surface area contributed by atoms with Crippen LogP contribution in [0.4, 0.5) is 0 Å². The van der Waals surface area contributed by atoms with Crippen LogP contribution < -0.4 is 5.32 Å². The van der Waals surface area contributed by atoms with Gasteiger partial charge in [0.1, 0.15) is 11.6 Å². The molecule has 1 saturated heterocycles. The summed E-state index contributed by atoms with van der Waals surface area (Å²) in [6.07, 6.45) is 15.3. The fraction of sp³-hybridized carbons (Fsp3) is 0.348. The van der Waals surface area contributed by atoms with Gasteiger partial charge in [0.15, 0.2) is 0 Å². The van der Waals surface area contributed by atoms with Gasteiger partial charge in [-0.05, 0) is 37.1 Å². The number of aromatic hydroxyl groups is 1. The Morgan fingerprint density at radius 1 is 1.23 bits per heavy atom. The number of hydrogen-bond acceptors (Lipinski definition) is 6. The highest BCUT2D eigenvalue weighted by atomic mass is 16.3. The largest absolute Gasteiger partial charge is 0.507 e. The number of H-pyrrole nitrogens is 1. The molecule has 2 aliphatic heterocycles. The van der Waals surface area contributed by atoms with E-state index in [0.717, 1.165) is 49.4 Å². The lowest BCUT2D eigenvalue weighted by atomic mass is 9.99. The lowest BCUT2D eigenvalue weighted by Gasteiger charge is -2.36. The summed E-state index contributed by atoms with van der Waals surface area (Å²) >= 11 is 0. The summed E-state index contributed by atoms with van der Waals surface area (Å²) in [5.41, 5.74) is 4.49. The Morgan fingerprint density at radius 2 is 2.07 bits per heavy atom. The molecule has 3 N–H and O–H groups in total. The van der Waals surface area contributed by atoms with Crippen molar-refractivity contribution in [1.82, 2.24) is 20.4 Å². The normalized spacial score (nSPS) is 19.0. The van der Waals surface area contributed by atoms with Crippen LogP contribution in [0.25, 0.3) is 11.1 Å². The van der Waals surface area contributed by atoms with Crippen molar-refractivity contribution in [3.8, 4) is 29.7 Å². The number of phenolic OH excluding ortho intramolecular Hbond substituents is 1. The first-order valence-corrected chi connectivity index (χ1v) is 10.1. The third-order valence-electron chi connectivity index (χ3n) is 5.39. The third-order valence-corrected chi connectivity index (χ3v) is 5.39. The quantitative estimate of drug-likeness (QED) is 0.686. The summed E-state index contributed by atoms with van der Waals surface area (Å²) < 4.78 is 0. The molecule has 0 unspecified atom stereocenters. The van der Waals surface area contributed by atoms with E-state index in [1.54, 1.807) is 18.5 Å². The van der Waals surface area contributed by atoms with Gasteiger partial charge in [0, 0.05) is 49.4 Å². The zero-order valence-electron chi connectivity index (χ0n) is 17.5. The number of aromatic amines is 1. The van der Waals surface area contributed by atoms with Crippen LogP contribution in [0.15, 0.2) is 52.4 Å². The van der Waals surface area contributed by atoms with E-state index >= 15 is 0 Å². The Morgan fingerprint density at radius 3 is 2.73 bits per heavy atom. The van der Waals surface area contributed by atoms with E-state index in [4.69, 9.17) is 0 Å². The minimum Gasteiger partial charge on any atom is -0.507 e. The topological polar surface area (TPSA) is 88.9 Å². The number of nitrogens with one attached hydrogen (secondary N) is 2. The smallest absolute Gasteiger partial charge is 0.132 e. The molecule has 0 spiro atoms. The van der Waals surface area contributed by atoms with Gasteiger partial charge in [-0.15, -0.1) is 23.0 Å². The van der Waals surface area contributed by atoms with Gasteiger partial charge in [-0.25, -0.2) is 0 Å². The van der Waals surface area contributed by atoms with E-state index in [-0.39, 0.29) is 5.75 Å². The molecule has 1 aromatic carbocycles. The highest BCUT2D eigenvalue weighted by Crippen LogP contribution is 2.28. The first-order valence-electron chi connectivity index (χ1n) is 10.1. The van der Waals surface area contributed by atoms with Crippen LogP contribution in [0.1, 0.15) is 32.3 Å². The van der Waals surface area contributed by atoms with E-state index in [0.29, 0.717) is 17.3 Å². The first-order chi connectivity index (χ1) is 14.7. The van der Waals surface area contributed by atoms with E-state index in [1.807, 2.05) is 12.1 Å². The summed E-state index contributed by atoms with van der Waals surface area (Å²) in [7, 11) is 0. The summed E-state index contributed by atoms with van der Waals surface area (Å²) in [6, 6.07) is 6.00. The van der Waals surface area contributed by atoms with Crippen molar-refractivity contribution >= 4 is 11.5 Å². The fourth-order valence-corrected chi connectivity index (χ4v) is 3.70. The Labute approximate surface area is 177 Å². The molecule has 2 aliphatic rings. The van der Waals surface area contributed by atoms with Gasteiger partial charge in [0.05, 0.1) is 11.9 Å². The number of amidine groups is 1. The van der Waals surface area contributed by atoms with Crippen molar-refractivity contribution < 1.29 is 5.11 Å². The first kappa shape index (κ1) is 21.3. The number of allylic oxidation sites excluding steroid dienone is 1. The van der Waals surface area contributed by atoms with Crippen molar-refractivity contribution in [2.45, 2.75) is 32.7 Å². The molecule has 0 amide bonds. The average molecular weight is 405 g/mol.